The van der Waals surface area contributed by atoms with Gasteiger partial charge in [-0.2, -0.15) is 0 Å². The van der Waals surface area contributed by atoms with Gasteiger partial charge in [0.1, 0.15) is 17.0 Å². The average molecular weight is 331 g/mol. The summed E-state index contributed by atoms with van der Waals surface area (Å²) < 4.78 is 6.17. The normalized spacial score (nSPS) is 10.8. The van der Waals surface area contributed by atoms with Crippen molar-refractivity contribution in [2.75, 3.05) is 13.2 Å². The molecule has 0 saturated carbocycles. The minimum atomic E-state index is -0.508. The second-order valence-corrected chi connectivity index (χ2v) is 5.69. The number of nitrogens with zero attached hydrogens (tertiary/aromatic N) is 2. The Morgan fingerprint density at radius 1 is 1.39 bits per heavy atom. The van der Waals surface area contributed by atoms with E-state index in [4.69, 9.17) is 4.74 Å². The first-order valence-electron chi connectivity index (χ1n) is 6.95. The van der Waals surface area contributed by atoms with E-state index in [9.17, 15) is 14.4 Å². The number of hydrogen-bond acceptors (Lipinski definition) is 6. The lowest BCUT2D eigenvalue weighted by molar-refractivity contribution is -0.141. The molecule has 1 N–H and O–H groups in total. The molecule has 3 aromatic heterocycles. The summed E-state index contributed by atoms with van der Waals surface area (Å²) in [6.45, 7) is 1.73. The molecule has 0 aliphatic rings. The summed E-state index contributed by atoms with van der Waals surface area (Å²) in [5, 5.41) is 2.84. The number of nitrogens with one attached hydrogen (secondary N) is 1. The van der Waals surface area contributed by atoms with E-state index in [-0.39, 0.29) is 18.7 Å². The smallest absolute Gasteiger partial charge is 0.325 e. The van der Waals surface area contributed by atoms with Crippen molar-refractivity contribution >= 4 is 39.1 Å². The van der Waals surface area contributed by atoms with Crippen LogP contribution in [0.1, 0.15) is 16.6 Å². The van der Waals surface area contributed by atoms with Gasteiger partial charge in [0.05, 0.1) is 16.9 Å². The van der Waals surface area contributed by atoms with Gasteiger partial charge in [0.2, 0.25) is 0 Å². The van der Waals surface area contributed by atoms with Gasteiger partial charge in [-0.3, -0.25) is 18.8 Å². The molecule has 0 aliphatic heterocycles. The number of carbonyl (C=O) groups is 2. The molecular formula is C15H13N3O4S. The van der Waals surface area contributed by atoms with Crippen molar-refractivity contribution in [2.45, 2.75) is 6.92 Å². The Morgan fingerprint density at radius 3 is 3.00 bits per heavy atom. The highest BCUT2D eigenvalue weighted by molar-refractivity contribution is 7.20. The van der Waals surface area contributed by atoms with Crippen LogP contribution in [0, 0.1) is 0 Å². The Morgan fingerprint density at radius 2 is 2.22 bits per heavy atom. The number of hydrogen-bond donors (Lipinski definition) is 1. The SMILES string of the molecule is CCOC(=O)CNC(=O)c1cc2c(=O)n3ccccc3nc2s1. The van der Waals surface area contributed by atoms with Crippen LogP contribution in [0.4, 0.5) is 0 Å². The fourth-order valence-electron chi connectivity index (χ4n) is 2.11. The first-order chi connectivity index (χ1) is 11.1. The lowest BCUT2D eigenvalue weighted by atomic mass is 10.3. The highest BCUT2D eigenvalue weighted by Gasteiger charge is 2.15. The van der Waals surface area contributed by atoms with Crippen LogP contribution in [-0.2, 0) is 9.53 Å². The zero-order valence-electron chi connectivity index (χ0n) is 12.2. The molecule has 0 unspecified atom stereocenters. The van der Waals surface area contributed by atoms with Crippen LogP contribution in [0.2, 0.25) is 0 Å². The summed E-state index contributed by atoms with van der Waals surface area (Å²) in [5.41, 5.74) is 0.289. The molecule has 0 atom stereocenters. The molecule has 0 aromatic carbocycles. The fraction of sp³-hybridized carbons (Fsp3) is 0.200. The summed E-state index contributed by atoms with van der Waals surface area (Å²) in [5.74, 6) is -0.944. The first kappa shape index (κ1) is 15.2. The van der Waals surface area contributed by atoms with Crippen LogP contribution in [0.15, 0.2) is 35.3 Å². The van der Waals surface area contributed by atoms with Crippen LogP contribution in [0.25, 0.3) is 15.9 Å². The Labute approximate surface area is 134 Å². The summed E-state index contributed by atoms with van der Waals surface area (Å²) in [4.78, 5) is 40.9. The molecule has 0 fully saturated rings. The third kappa shape index (κ3) is 2.93. The van der Waals surface area contributed by atoms with Gasteiger partial charge in [0.25, 0.3) is 11.5 Å². The zero-order valence-corrected chi connectivity index (χ0v) is 13.1. The summed E-state index contributed by atoms with van der Waals surface area (Å²) >= 11 is 1.11. The van der Waals surface area contributed by atoms with Crippen molar-refractivity contribution in [2.24, 2.45) is 0 Å². The molecule has 0 saturated heterocycles. The van der Waals surface area contributed by atoms with Crippen molar-refractivity contribution in [3.63, 3.8) is 0 Å². The number of aromatic nitrogens is 2. The largest absolute Gasteiger partial charge is 0.465 e. The van der Waals surface area contributed by atoms with Crippen LogP contribution >= 0.6 is 11.3 Å². The molecule has 3 rings (SSSR count). The average Bonchev–Trinajstić information content (AvgIpc) is 2.97. The Bertz CT molecular complexity index is 960. The van der Waals surface area contributed by atoms with Crippen molar-refractivity contribution in [3.05, 3.63) is 45.7 Å². The second-order valence-electron chi connectivity index (χ2n) is 4.66. The second kappa shape index (κ2) is 6.17. The molecule has 23 heavy (non-hydrogen) atoms. The zero-order chi connectivity index (χ0) is 16.4. The van der Waals surface area contributed by atoms with E-state index in [1.165, 1.54) is 10.5 Å². The molecule has 1 amide bonds. The number of carbonyl (C=O) groups excluding carboxylic acids is 2. The van der Waals surface area contributed by atoms with Gasteiger partial charge in [-0.25, -0.2) is 4.98 Å². The van der Waals surface area contributed by atoms with Crippen molar-refractivity contribution in [1.82, 2.24) is 14.7 Å². The van der Waals surface area contributed by atoms with Gasteiger partial charge in [0.15, 0.2) is 0 Å². The maximum Gasteiger partial charge on any atom is 0.325 e. The van der Waals surface area contributed by atoms with Gasteiger partial charge in [0, 0.05) is 6.20 Å². The van der Waals surface area contributed by atoms with E-state index in [2.05, 4.69) is 10.3 Å². The number of esters is 1. The van der Waals surface area contributed by atoms with Crippen LogP contribution in [0.5, 0.6) is 0 Å². The molecule has 3 heterocycles. The predicted molar refractivity (Wildman–Crippen MR) is 85.8 cm³/mol. The highest BCUT2D eigenvalue weighted by Crippen LogP contribution is 2.21. The Hall–Kier alpha value is -2.74. The summed E-state index contributed by atoms with van der Waals surface area (Å²) in [6.07, 6.45) is 1.63. The number of thiophene rings is 1. The molecule has 0 aliphatic carbocycles. The van der Waals surface area contributed by atoms with E-state index in [0.29, 0.717) is 20.7 Å². The van der Waals surface area contributed by atoms with Gasteiger partial charge >= 0.3 is 5.97 Å². The lowest BCUT2D eigenvalue weighted by Crippen LogP contribution is -2.30. The third-order valence-electron chi connectivity index (χ3n) is 3.14. The third-order valence-corrected chi connectivity index (χ3v) is 4.17. The quantitative estimate of drug-likeness (QED) is 0.726. The molecule has 7 nitrogen and oxygen atoms in total. The monoisotopic (exact) mass is 331 g/mol. The number of amides is 1. The Balaban J connectivity index is 1.92. The Kier molecular flexibility index (Phi) is 4.07. The standard InChI is InChI=1S/C15H13N3O4S/c1-2-22-12(19)8-16-13(20)10-7-9-14(23-10)17-11-5-3-4-6-18(11)15(9)21/h3-7H,2,8H2,1H3,(H,16,20). The summed E-state index contributed by atoms with van der Waals surface area (Å²) in [7, 11) is 0. The van der Waals surface area contributed by atoms with Crippen LogP contribution in [-0.4, -0.2) is 34.4 Å². The number of ether oxygens (including phenoxy) is 1. The van der Waals surface area contributed by atoms with Gasteiger partial charge in [-0.15, -0.1) is 11.3 Å². The van der Waals surface area contributed by atoms with E-state index in [1.54, 1.807) is 31.3 Å². The van der Waals surface area contributed by atoms with Crippen molar-refractivity contribution < 1.29 is 14.3 Å². The molecular weight excluding hydrogens is 318 g/mol. The minimum Gasteiger partial charge on any atom is -0.465 e. The molecule has 8 heteroatoms. The summed E-state index contributed by atoms with van der Waals surface area (Å²) in [6, 6.07) is 6.74. The fourth-order valence-corrected chi connectivity index (χ4v) is 3.06. The molecule has 0 spiro atoms. The van der Waals surface area contributed by atoms with E-state index < -0.39 is 11.9 Å². The minimum absolute atomic E-state index is 0.213. The van der Waals surface area contributed by atoms with Gasteiger partial charge < -0.3 is 10.1 Å². The first-order valence-corrected chi connectivity index (χ1v) is 7.76. The molecule has 0 bridgehead atoms. The highest BCUT2D eigenvalue weighted by atomic mass is 32.1. The van der Waals surface area contributed by atoms with Gasteiger partial charge in [-0.05, 0) is 25.1 Å². The molecule has 118 valence electrons. The van der Waals surface area contributed by atoms with Crippen LogP contribution < -0.4 is 10.9 Å². The van der Waals surface area contributed by atoms with Crippen LogP contribution in [0.3, 0.4) is 0 Å². The van der Waals surface area contributed by atoms with Crippen molar-refractivity contribution in [3.8, 4) is 0 Å². The number of pyridine rings is 1. The van der Waals surface area contributed by atoms with Gasteiger partial charge in [-0.1, -0.05) is 6.07 Å². The number of rotatable bonds is 4. The molecule has 0 radical (unpaired) electrons. The maximum atomic E-state index is 12.4. The van der Waals surface area contributed by atoms with Crippen molar-refractivity contribution in [1.29, 1.82) is 0 Å². The topological polar surface area (TPSA) is 89.8 Å². The van der Waals surface area contributed by atoms with E-state index in [0.717, 1.165) is 11.3 Å². The molecule has 3 aromatic rings. The maximum absolute atomic E-state index is 12.4. The number of fused-ring (bicyclic) bond motifs is 2. The predicted octanol–water partition coefficient (Wildman–Crippen LogP) is 1.20. The lowest BCUT2D eigenvalue weighted by Gasteiger charge is -2.02. The van der Waals surface area contributed by atoms with E-state index >= 15 is 0 Å². The van der Waals surface area contributed by atoms with E-state index in [1.807, 2.05) is 0 Å².